The van der Waals surface area contributed by atoms with Crippen molar-refractivity contribution in [1.82, 2.24) is 0 Å². The Kier molecular flexibility index (Phi) is 9.32. The Morgan fingerprint density at radius 3 is 1.35 bits per heavy atom. The van der Waals surface area contributed by atoms with E-state index in [0.29, 0.717) is 40.9 Å². The molecule has 5 rings (SSSR count). The molecule has 12 unspecified atom stereocenters. The van der Waals surface area contributed by atoms with Crippen LogP contribution in [0.3, 0.4) is 0 Å². The van der Waals surface area contributed by atoms with Crippen LogP contribution in [-0.4, -0.2) is 44.8 Å². The van der Waals surface area contributed by atoms with E-state index in [-0.39, 0.29) is 24.4 Å². The number of hydrogen-bond acceptors (Lipinski definition) is 4. The van der Waals surface area contributed by atoms with Gasteiger partial charge in [0.2, 0.25) is 0 Å². The van der Waals surface area contributed by atoms with Crippen LogP contribution in [0.1, 0.15) is 129 Å². The molecule has 214 valence electrons. The normalized spacial score (nSPS) is 49.1. The van der Waals surface area contributed by atoms with Crippen LogP contribution in [0.25, 0.3) is 0 Å². The minimum absolute atomic E-state index is 0.117. The van der Waals surface area contributed by atoms with Crippen molar-refractivity contribution in [2.45, 2.75) is 154 Å². The Balaban J connectivity index is 1.26. The van der Waals surface area contributed by atoms with Gasteiger partial charge < -0.3 is 20.4 Å². The van der Waals surface area contributed by atoms with Gasteiger partial charge in [-0.3, -0.25) is 0 Å². The molecule has 0 aromatic rings. The first-order valence-electron chi connectivity index (χ1n) is 16.5. The molecule has 0 heterocycles. The lowest BCUT2D eigenvalue weighted by molar-refractivity contribution is -0.0656. The molecule has 0 amide bonds. The summed E-state index contributed by atoms with van der Waals surface area (Å²) in [5, 5.41) is 42.4. The van der Waals surface area contributed by atoms with Crippen molar-refractivity contribution in [2.24, 2.45) is 52.8 Å². The minimum atomic E-state index is -0.141. The fraction of sp³-hybridized carbons (Fsp3) is 1.00. The zero-order valence-electron chi connectivity index (χ0n) is 23.9. The molecule has 0 spiro atoms. The Bertz CT molecular complexity index is 665. The van der Waals surface area contributed by atoms with Crippen molar-refractivity contribution in [1.29, 1.82) is 0 Å². The molecule has 5 fully saturated rings. The minimum Gasteiger partial charge on any atom is -0.393 e. The molecule has 5 aliphatic rings. The molecule has 4 N–H and O–H groups in total. The quantitative estimate of drug-likeness (QED) is 0.325. The van der Waals surface area contributed by atoms with Crippen molar-refractivity contribution in [3.8, 4) is 0 Å². The molecule has 12 atom stereocenters. The average Bonchev–Trinajstić information content (AvgIpc) is 3.36. The first-order chi connectivity index (χ1) is 17.7. The maximum atomic E-state index is 11.1. The third kappa shape index (κ3) is 6.28. The van der Waals surface area contributed by atoms with Crippen LogP contribution in [0.2, 0.25) is 0 Å². The van der Waals surface area contributed by atoms with Gasteiger partial charge in [-0.1, -0.05) is 26.7 Å². The van der Waals surface area contributed by atoms with Gasteiger partial charge in [-0.15, -0.1) is 0 Å². The number of aliphatic hydroxyl groups is 4. The molecule has 5 aliphatic carbocycles. The summed E-state index contributed by atoms with van der Waals surface area (Å²) in [6.45, 7) is 4.64. The smallest absolute Gasteiger partial charge is 0.0568 e. The monoisotopic (exact) mass is 518 g/mol. The van der Waals surface area contributed by atoms with Crippen LogP contribution in [0.15, 0.2) is 0 Å². The number of hydrogen-bond donors (Lipinski definition) is 4. The molecule has 4 nitrogen and oxygen atoms in total. The second-order valence-electron chi connectivity index (χ2n) is 15.0. The molecule has 0 aromatic heterocycles. The van der Waals surface area contributed by atoms with E-state index >= 15 is 0 Å². The SMILES string of the molecule is CC1CC(O)CCC1CC1CC(C2(C3CCC(O)C(CC4CCC(O)CC4C)C3)CCCC2)CCC1O. The van der Waals surface area contributed by atoms with E-state index in [4.69, 9.17) is 0 Å². The standard InChI is InChI=1S/C33H58O4/c1-21-15-29(34)9-5-23(21)17-25-19-27(7-11-31(25)36)33(13-3-4-14-33)28-8-12-32(37)26(20-28)18-24-6-10-30(35)16-22(24)2/h21-32,34-37H,3-20H2,1-2H3. The third-order valence-electron chi connectivity index (χ3n) is 12.9. The summed E-state index contributed by atoms with van der Waals surface area (Å²) in [7, 11) is 0. The molecule has 0 aromatic carbocycles. The van der Waals surface area contributed by atoms with Gasteiger partial charge in [0.25, 0.3) is 0 Å². The van der Waals surface area contributed by atoms with Crippen molar-refractivity contribution in [3.05, 3.63) is 0 Å². The molecule has 0 bridgehead atoms. The third-order valence-corrected chi connectivity index (χ3v) is 12.9. The lowest BCUT2D eigenvalue weighted by atomic mass is 9.54. The summed E-state index contributed by atoms with van der Waals surface area (Å²) in [6.07, 6.45) is 20.0. The predicted molar refractivity (Wildman–Crippen MR) is 149 cm³/mol. The molecule has 5 saturated carbocycles. The van der Waals surface area contributed by atoms with Gasteiger partial charge in [-0.25, -0.2) is 0 Å². The first kappa shape index (κ1) is 28.4. The van der Waals surface area contributed by atoms with Gasteiger partial charge in [-0.2, -0.15) is 0 Å². The predicted octanol–water partition coefficient (Wildman–Crippen LogP) is 6.48. The first-order valence-corrected chi connectivity index (χ1v) is 16.5. The fourth-order valence-electron chi connectivity index (χ4n) is 10.6. The molecule has 4 heteroatoms. The number of rotatable bonds is 6. The highest BCUT2D eigenvalue weighted by Crippen LogP contribution is 2.60. The van der Waals surface area contributed by atoms with Crippen molar-refractivity contribution >= 4 is 0 Å². The van der Waals surface area contributed by atoms with Crippen molar-refractivity contribution in [3.63, 3.8) is 0 Å². The highest BCUT2D eigenvalue weighted by Gasteiger charge is 2.51. The van der Waals surface area contributed by atoms with E-state index < -0.39 is 0 Å². The van der Waals surface area contributed by atoms with Gasteiger partial charge in [-0.05, 0) is 155 Å². The Hall–Kier alpha value is -0.160. The fourth-order valence-corrected chi connectivity index (χ4v) is 10.6. The van der Waals surface area contributed by atoms with Gasteiger partial charge in [0.15, 0.2) is 0 Å². The van der Waals surface area contributed by atoms with Crippen molar-refractivity contribution in [2.75, 3.05) is 0 Å². The lowest BCUT2D eigenvalue weighted by Gasteiger charge is -2.52. The largest absolute Gasteiger partial charge is 0.393 e. The van der Waals surface area contributed by atoms with Crippen LogP contribution in [-0.2, 0) is 0 Å². The summed E-state index contributed by atoms with van der Waals surface area (Å²) < 4.78 is 0. The summed E-state index contributed by atoms with van der Waals surface area (Å²) in [6, 6.07) is 0. The van der Waals surface area contributed by atoms with E-state index in [0.717, 1.165) is 76.0 Å². The van der Waals surface area contributed by atoms with E-state index in [2.05, 4.69) is 13.8 Å². The second-order valence-corrected chi connectivity index (χ2v) is 15.0. The molecule has 0 aliphatic heterocycles. The number of aliphatic hydroxyl groups excluding tert-OH is 4. The highest BCUT2D eigenvalue weighted by molar-refractivity contribution is 5.01. The topological polar surface area (TPSA) is 80.9 Å². The summed E-state index contributed by atoms with van der Waals surface area (Å²) in [5.74, 6) is 4.78. The summed E-state index contributed by atoms with van der Waals surface area (Å²) >= 11 is 0. The van der Waals surface area contributed by atoms with Crippen molar-refractivity contribution < 1.29 is 20.4 Å². The molecular formula is C33H58O4. The van der Waals surface area contributed by atoms with Crippen LogP contribution >= 0.6 is 0 Å². The molecular weight excluding hydrogens is 460 g/mol. The van der Waals surface area contributed by atoms with Crippen LogP contribution in [0.4, 0.5) is 0 Å². The molecule has 0 saturated heterocycles. The molecule has 37 heavy (non-hydrogen) atoms. The van der Waals surface area contributed by atoms with Gasteiger partial charge in [0.1, 0.15) is 0 Å². The van der Waals surface area contributed by atoms with E-state index in [1.165, 1.54) is 51.4 Å². The second kappa shape index (κ2) is 12.1. The molecule has 0 radical (unpaired) electrons. The van der Waals surface area contributed by atoms with Crippen LogP contribution in [0, 0.1) is 52.8 Å². The Morgan fingerprint density at radius 1 is 0.514 bits per heavy atom. The Labute approximate surface area is 227 Å². The summed E-state index contributed by atoms with van der Waals surface area (Å²) in [5.41, 5.74) is 0.430. The van der Waals surface area contributed by atoms with E-state index in [1.807, 2.05) is 0 Å². The van der Waals surface area contributed by atoms with E-state index in [9.17, 15) is 20.4 Å². The average molecular weight is 519 g/mol. The zero-order chi connectivity index (χ0) is 26.2. The zero-order valence-corrected chi connectivity index (χ0v) is 23.9. The maximum Gasteiger partial charge on any atom is 0.0568 e. The van der Waals surface area contributed by atoms with E-state index in [1.54, 1.807) is 0 Å². The van der Waals surface area contributed by atoms with Gasteiger partial charge >= 0.3 is 0 Å². The Morgan fingerprint density at radius 2 is 0.946 bits per heavy atom. The highest BCUT2D eigenvalue weighted by atomic mass is 16.3. The van der Waals surface area contributed by atoms with Gasteiger partial charge in [0, 0.05) is 0 Å². The summed E-state index contributed by atoms with van der Waals surface area (Å²) in [4.78, 5) is 0. The lowest BCUT2D eigenvalue weighted by Crippen LogP contribution is -2.46. The van der Waals surface area contributed by atoms with Gasteiger partial charge in [0.05, 0.1) is 24.4 Å². The van der Waals surface area contributed by atoms with Crippen LogP contribution < -0.4 is 0 Å². The van der Waals surface area contributed by atoms with Crippen LogP contribution in [0.5, 0.6) is 0 Å². The maximum absolute atomic E-state index is 11.1.